The highest BCUT2D eigenvalue weighted by Crippen LogP contribution is 2.14. The van der Waals surface area contributed by atoms with Gasteiger partial charge < -0.3 is 9.64 Å². The smallest absolute Gasteiger partial charge is 0.0599 e. The summed E-state index contributed by atoms with van der Waals surface area (Å²) in [7, 11) is 0. The molecule has 0 unspecified atom stereocenters. The first kappa shape index (κ1) is 15.9. The van der Waals surface area contributed by atoms with E-state index in [1.165, 1.54) is 32.5 Å². The molecule has 1 aliphatic rings. The summed E-state index contributed by atoms with van der Waals surface area (Å²) in [5, 5.41) is 0. The molecule has 0 aliphatic carbocycles. The molecule has 1 heterocycles. The number of piperidine rings is 1. The van der Waals surface area contributed by atoms with Gasteiger partial charge in [-0.2, -0.15) is 0 Å². The highest BCUT2D eigenvalue weighted by Gasteiger charge is 2.19. The summed E-state index contributed by atoms with van der Waals surface area (Å²) in [5.41, 5.74) is 0. The van der Waals surface area contributed by atoms with Crippen LogP contribution in [0, 0.1) is 5.92 Å². The zero-order valence-electron chi connectivity index (χ0n) is 12.0. The first-order valence-electron chi connectivity index (χ1n) is 7.06. The van der Waals surface area contributed by atoms with Crippen molar-refractivity contribution in [2.24, 2.45) is 5.92 Å². The van der Waals surface area contributed by atoms with Crippen LogP contribution >= 0.6 is 0 Å². The molecule has 2 heteroatoms. The number of likely N-dealkylation sites (tertiary alicyclic amines) is 1. The quantitative estimate of drug-likeness (QED) is 0.715. The van der Waals surface area contributed by atoms with E-state index in [9.17, 15) is 0 Å². The van der Waals surface area contributed by atoms with Gasteiger partial charge in [0.2, 0.25) is 0 Å². The molecule has 0 bridgehead atoms. The Balaban J connectivity index is 0.00000106. The number of hydrogen-bond donors (Lipinski definition) is 0. The number of rotatable bonds is 5. The van der Waals surface area contributed by atoms with E-state index in [0.717, 1.165) is 18.9 Å². The average Bonchev–Trinajstić information content (AvgIpc) is 2.30. The molecular formula is C14H31NO. The minimum atomic E-state index is 0.540. The van der Waals surface area contributed by atoms with Crippen LogP contribution in [-0.4, -0.2) is 37.2 Å². The number of ether oxygens (including phenoxy) is 1. The molecule has 98 valence electrons. The summed E-state index contributed by atoms with van der Waals surface area (Å²) in [6.07, 6.45) is 4.14. The lowest BCUT2D eigenvalue weighted by molar-refractivity contribution is 0.00586. The van der Waals surface area contributed by atoms with Crippen molar-refractivity contribution in [3.05, 3.63) is 0 Å². The van der Waals surface area contributed by atoms with Crippen molar-refractivity contribution in [1.82, 2.24) is 4.90 Å². The van der Waals surface area contributed by atoms with Gasteiger partial charge in [-0.15, -0.1) is 0 Å². The second-order valence-corrected chi connectivity index (χ2v) is 4.76. The van der Waals surface area contributed by atoms with Gasteiger partial charge in [-0.25, -0.2) is 0 Å². The average molecular weight is 229 g/mol. The van der Waals surface area contributed by atoms with E-state index in [4.69, 9.17) is 4.74 Å². The third-order valence-corrected chi connectivity index (χ3v) is 2.72. The number of nitrogens with zero attached hydrogens (tertiary/aromatic N) is 1. The molecule has 0 radical (unpaired) electrons. The molecule has 2 nitrogen and oxygen atoms in total. The van der Waals surface area contributed by atoms with Crippen molar-refractivity contribution in [1.29, 1.82) is 0 Å². The van der Waals surface area contributed by atoms with Crippen LogP contribution in [0.25, 0.3) is 0 Å². The summed E-state index contributed by atoms with van der Waals surface area (Å²) in [6, 6.07) is 0. The lowest BCUT2D eigenvalue weighted by Gasteiger charge is -2.32. The van der Waals surface area contributed by atoms with Crippen LogP contribution in [0.15, 0.2) is 0 Å². The Morgan fingerprint density at radius 1 is 1.19 bits per heavy atom. The third-order valence-electron chi connectivity index (χ3n) is 2.72. The summed E-state index contributed by atoms with van der Waals surface area (Å²) in [5.74, 6) is 0.795. The predicted octanol–water partition coefficient (Wildman–Crippen LogP) is 3.56. The Bertz CT molecular complexity index is 140. The van der Waals surface area contributed by atoms with Crippen LogP contribution in [0.4, 0.5) is 0 Å². The maximum absolute atomic E-state index is 5.76. The fourth-order valence-electron chi connectivity index (χ4n) is 2.06. The Kier molecular flexibility index (Phi) is 10.0. The number of hydrogen-bond acceptors (Lipinski definition) is 2. The van der Waals surface area contributed by atoms with Gasteiger partial charge >= 0.3 is 0 Å². The van der Waals surface area contributed by atoms with E-state index < -0.39 is 0 Å². The monoisotopic (exact) mass is 229 g/mol. The zero-order valence-corrected chi connectivity index (χ0v) is 12.0. The fraction of sp³-hybridized carbons (Fsp3) is 1.00. The van der Waals surface area contributed by atoms with E-state index in [1.54, 1.807) is 0 Å². The van der Waals surface area contributed by atoms with Crippen molar-refractivity contribution in [2.75, 3.05) is 26.2 Å². The molecule has 0 aromatic heterocycles. The second-order valence-electron chi connectivity index (χ2n) is 4.76. The normalized spacial score (nSPS) is 18.4. The van der Waals surface area contributed by atoms with Gasteiger partial charge in [-0.3, -0.25) is 0 Å². The van der Waals surface area contributed by atoms with E-state index >= 15 is 0 Å². The molecule has 0 aromatic rings. The van der Waals surface area contributed by atoms with E-state index in [-0.39, 0.29) is 0 Å². The second kappa shape index (κ2) is 10.1. The highest BCUT2D eigenvalue weighted by atomic mass is 16.5. The topological polar surface area (TPSA) is 12.5 Å². The Hall–Kier alpha value is -0.0800. The standard InChI is InChI=1S/C12H25NO.C2H6/c1-4-9-14-12-5-7-13(8-6-12)10-11(2)3;1-2/h11-12H,4-10H2,1-3H3;1-2H3. The Morgan fingerprint density at radius 3 is 2.19 bits per heavy atom. The van der Waals surface area contributed by atoms with Crippen LogP contribution in [0.2, 0.25) is 0 Å². The molecule has 0 N–H and O–H groups in total. The van der Waals surface area contributed by atoms with Crippen LogP contribution in [0.3, 0.4) is 0 Å². The van der Waals surface area contributed by atoms with Crippen LogP contribution in [-0.2, 0) is 4.74 Å². The van der Waals surface area contributed by atoms with Gasteiger partial charge in [0.1, 0.15) is 0 Å². The van der Waals surface area contributed by atoms with Gasteiger partial charge in [-0.05, 0) is 25.2 Å². The van der Waals surface area contributed by atoms with Crippen LogP contribution in [0.1, 0.15) is 53.9 Å². The SMILES string of the molecule is CC.CCCOC1CCN(CC(C)C)CC1. The maximum atomic E-state index is 5.76. The minimum Gasteiger partial charge on any atom is -0.378 e. The molecule has 1 rings (SSSR count). The largest absolute Gasteiger partial charge is 0.378 e. The maximum Gasteiger partial charge on any atom is 0.0599 e. The van der Waals surface area contributed by atoms with E-state index in [1.807, 2.05) is 13.8 Å². The molecule has 0 spiro atoms. The Labute approximate surface area is 102 Å². The predicted molar refractivity (Wildman–Crippen MR) is 71.9 cm³/mol. The molecule has 0 saturated carbocycles. The molecule has 0 aromatic carbocycles. The molecule has 1 saturated heterocycles. The first-order chi connectivity index (χ1) is 7.72. The minimum absolute atomic E-state index is 0.540. The molecular weight excluding hydrogens is 198 g/mol. The van der Waals surface area contributed by atoms with Gasteiger partial charge in [0.15, 0.2) is 0 Å². The van der Waals surface area contributed by atoms with E-state index in [0.29, 0.717) is 6.10 Å². The summed E-state index contributed by atoms with van der Waals surface area (Å²) >= 11 is 0. The third kappa shape index (κ3) is 7.24. The zero-order chi connectivity index (χ0) is 12.4. The van der Waals surface area contributed by atoms with Crippen molar-refractivity contribution < 1.29 is 4.74 Å². The van der Waals surface area contributed by atoms with Crippen molar-refractivity contribution in [2.45, 2.75) is 60.0 Å². The van der Waals surface area contributed by atoms with E-state index in [2.05, 4.69) is 25.7 Å². The van der Waals surface area contributed by atoms with Crippen molar-refractivity contribution in [3.8, 4) is 0 Å². The van der Waals surface area contributed by atoms with Crippen molar-refractivity contribution in [3.63, 3.8) is 0 Å². The lowest BCUT2D eigenvalue weighted by atomic mass is 10.1. The fourth-order valence-corrected chi connectivity index (χ4v) is 2.06. The molecule has 1 fully saturated rings. The van der Waals surface area contributed by atoms with Crippen LogP contribution in [0.5, 0.6) is 0 Å². The lowest BCUT2D eigenvalue weighted by Crippen LogP contribution is -2.38. The molecule has 0 amide bonds. The summed E-state index contributed by atoms with van der Waals surface area (Å²) in [4.78, 5) is 2.57. The molecule has 0 atom stereocenters. The van der Waals surface area contributed by atoms with Gasteiger partial charge in [0.05, 0.1) is 6.10 Å². The summed E-state index contributed by atoms with van der Waals surface area (Å²) < 4.78 is 5.76. The van der Waals surface area contributed by atoms with Gasteiger partial charge in [0, 0.05) is 26.2 Å². The molecule has 16 heavy (non-hydrogen) atoms. The molecule has 1 aliphatic heterocycles. The van der Waals surface area contributed by atoms with Gasteiger partial charge in [0.25, 0.3) is 0 Å². The van der Waals surface area contributed by atoms with Gasteiger partial charge in [-0.1, -0.05) is 34.6 Å². The highest BCUT2D eigenvalue weighted by molar-refractivity contribution is 4.73. The first-order valence-corrected chi connectivity index (χ1v) is 7.06. The summed E-state index contributed by atoms with van der Waals surface area (Å²) in [6.45, 7) is 15.4. The Morgan fingerprint density at radius 2 is 1.75 bits per heavy atom. The van der Waals surface area contributed by atoms with Crippen LogP contribution < -0.4 is 0 Å². The van der Waals surface area contributed by atoms with Crippen molar-refractivity contribution >= 4 is 0 Å².